The van der Waals surface area contributed by atoms with E-state index in [4.69, 9.17) is 0 Å². The van der Waals surface area contributed by atoms with E-state index in [0.717, 1.165) is 19.5 Å². The normalized spacial score (nSPS) is 19.5. The van der Waals surface area contributed by atoms with Crippen molar-refractivity contribution in [1.29, 1.82) is 0 Å². The summed E-state index contributed by atoms with van der Waals surface area (Å²) in [6, 6.07) is 0.651. The van der Waals surface area contributed by atoms with Crippen LogP contribution in [0.15, 0.2) is 6.33 Å². The van der Waals surface area contributed by atoms with Crippen molar-refractivity contribution in [3.63, 3.8) is 0 Å². The van der Waals surface area contributed by atoms with Crippen LogP contribution in [0.5, 0.6) is 0 Å². The lowest BCUT2D eigenvalue weighted by atomic mass is 10.2. The van der Waals surface area contributed by atoms with Crippen LogP contribution >= 0.6 is 0 Å². The monoisotopic (exact) mass is 252 g/mol. The van der Waals surface area contributed by atoms with Crippen LogP contribution in [0.2, 0.25) is 0 Å². The maximum Gasteiger partial charge on any atom is 0.186 e. The summed E-state index contributed by atoms with van der Waals surface area (Å²) in [5.41, 5.74) is 0.407. The van der Waals surface area contributed by atoms with E-state index < -0.39 is 0 Å². The molecule has 1 atom stereocenters. The lowest BCUT2D eigenvalue weighted by molar-refractivity contribution is 0.527. The summed E-state index contributed by atoms with van der Waals surface area (Å²) in [5, 5.41) is 3.44. The van der Waals surface area contributed by atoms with Gasteiger partial charge in [0.05, 0.1) is 5.69 Å². The summed E-state index contributed by atoms with van der Waals surface area (Å²) in [5.74, 6) is 0.121. The maximum atomic E-state index is 14.1. The Hall–Kier alpha value is -1.23. The quantitative estimate of drug-likeness (QED) is 0.888. The molecule has 0 bridgehead atoms. The van der Waals surface area contributed by atoms with E-state index in [-0.39, 0.29) is 11.9 Å². The highest BCUT2D eigenvalue weighted by Crippen LogP contribution is 2.21. The van der Waals surface area contributed by atoms with E-state index in [2.05, 4.69) is 29.1 Å². The fourth-order valence-electron chi connectivity index (χ4n) is 2.34. The first-order valence-corrected chi connectivity index (χ1v) is 6.56. The Morgan fingerprint density at radius 3 is 2.89 bits per heavy atom. The average molecular weight is 252 g/mol. The summed E-state index contributed by atoms with van der Waals surface area (Å²) in [4.78, 5) is 10.0. The highest BCUT2D eigenvalue weighted by Gasteiger charge is 2.23. The summed E-state index contributed by atoms with van der Waals surface area (Å²) in [6.45, 7) is 7.65. The van der Waals surface area contributed by atoms with Crippen LogP contribution in [-0.4, -0.2) is 35.1 Å². The third-order valence-corrected chi connectivity index (χ3v) is 3.42. The van der Waals surface area contributed by atoms with Gasteiger partial charge in [0.15, 0.2) is 11.6 Å². The zero-order valence-corrected chi connectivity index (χ0v) is 11.3. The van der Waals surface area contributed by atoms with Crippen LogP contribution in [0, 0.1) is 12.7 Å². The van der Waals surface area contributed by atoms with Crippen molar-refractivity contribution in [3.05, 3.63) is 17.8 Å². The molecule has 18 heavy (non-hydrogen) atoms. The number of nitrogens with one attached hydrogen (secondary N) is 1. The van der Waals surface area contributed by atoms with Crippen LogP contribution in [0.25, 0.3) is 0 Å². The molecule has 2 rings (SSSR count). The Bertz CT molecular complexity index is 402. The predicted molar refractivity (Wildman–Crippen MR) is 70.2 cm³/mol. The Balaban J connectivity index is 2.20. The third kappa shape index (κ3) is 2.77. The first-order valence-electron chi connectivity index (χ1n) is 6.56. The molecule has 0 spiro atoms. The van der Waals surface area contributed by atoms with Gasteiger partial charge < -0.3 is 10.2 Å². The molecule has 1 aromatic rings. The van der Waals surface area contributed by atoms with Crippen molar-refractivity contribution in [2.45, 2.75) is 45.7 Å². The molecule has 1 aliphatic rings. The Labute approximate surface area is 108 Å². The number of nitrogens with zero attached hydrogens (tertiary/aromatic N) is 3. The van der Waals surface area contributed by atoms with Gasteiger partial charge in [0.1, 0.15) is 6.33 Å². The van der Waals surface area contributed by atoms with E-state index >= 15 is 0 Å². The second-order valence-corrected chi connectivity index (χ2v) is 5.14. The van der Waals surface area contributed by atoms with Crippen LogP contribution in [-0.2, 0) is 0 Å². The number of hydrogen-bond donors (Lipinski definition) is 1. The van der Waals surface area contributed by atoms with Gasteiger partial charge in [-0.25, -0.2) is 14.4 Å². The lowest BCUT2D eigenvalue weighted by Crippen LogP contribution is -2.42. The first kappa shape index (κ1) is 13.2. The van der Waals surface area contributed by atoms with Crippen molar-refractivity contribution in [1.82, 2.24) is 15.3 Å². The molecule has 1 N–H and O–H groups in total. The Morgan fingerprint density at radius 2 is 2.28 bits per heavy atom. The smallest absolute Gasteiger partial charge is 0.186 e. The van der Waals surface area contributed by atoms with Crippen molar-refractivity contribution in [2.24, 2.45) is 0 Å². The number of rotatable bonds is 4. The number of aromatic nitrogens is 2. The van der Waals surface area contributed by atoms with Gasteiger partial charge in [-0.1, -0.05) is 0 Å². The van der Waals surface area contributed by atoms with E-state index in [1.807, 2.05) is 4.90 Å². The fraction of sp³-hybridized carbons (Fsp3) is 0.692. The van der Waals surface area contributed by atoms with E-state index in [1.165, 1.54) is 12.7 Å². The predicted octanol–water partition coefficient (Wildman–Crippen LogP) is 1.89. The molecule has 0 saturated carbocycles. The zero-order valence-electron chi connectivity index (χ0n) is 11.3. The molecule has 1 aromatic heterocycles. The Kier molecular flexibility index (Phi) is 4.11. The van der Waals surface area contributed by atoms with Crippen molar-refractivity contribution in [2.75, 3.05) is 18.0 Å². The van der Waals surface area contributed by atoms with Gasteiger partial charge in [0.25, 0.3) is 0 Å². The molecule has 4 nitrogen and oxygen atoms in total. The molecular weight excluding hydrogens is 231 g/mol. The minimum atomic E-state index is -0.302. The van der Waals surface area contributed by atoms with Gasteiger partial charge in [0.2, 0.25) is 0 Å². The molecule has 1 fully saturated rings. The molecule has 0 radical (unpaired) electrons. The number of anilines is 1. The molecule has 0 aliphatic carbocycles. The van der Waals surface area contributed by atoms with Crippen LogP contribution in [0.4, 0.5) is 10.2 Å². The van der Waals surface area contributed by atoms with Gasteiger partial charge in [-0.3, -0.25) is 0 Å². The van der Waals surface area contributed by atoms with Crippen molar-refractivity contribution < 1.29 is 4.39 Å². The van der Waals surface area contributed by atoms with E-state index in [1.54, 1.807) is 6.92 Å². The van der Waals surface area contributed by atoms with Gasteiger partial charge in [-0.15, -0.1) is 0 Å². The number of hydrogen-bond acceptors (Lipinski definition) is 4. The highest BCUT2D eigenvalue weighted by molar-refractivity contribution is 5.42. The second kappa shape index (κ2) is 5.61. The average Bonchev–Trinajstić information content (AvgIpc) is 2.83. The van der Waals surface area contributed by atoms with Crippen LogP contribution in [0.1, 0.15) is 32.4 Å². The first-order chi connectivity index (χ1) is 8.59. The van der Waals surface area contributed by atoms with E-state index in [9.17, 15) is 4.39 Å². The zero-order chi connectivity index (χ0) is 13.1. The molecule has 1 saturated heterocycles. The van der Waals surface area contributed by atoms with Crippen LogP contribution in [0.3, 0.4) is 0 Å². The highest BCUT2D eigenvalue weighted by atomic mass is 19.1. The summed E-state index contributed by atoms with van der Waals surface area (Å²) in [7, 11) is 0. The summed E-state index contributed by atoms with van der Waals surface area (Å²) in [6.07, 6.45) is 3.78. The summed E-state index contributed by atoms with van der Waals surface area (Å²) < 4.78 is 14.1. The largest absolute Gasteiger partial charge is 0.350 e. The third-order valence-electron chi connectivity index (χ3n) is 3.42. The second-order valence-electron chi connectivity index (χ2n) is 5.14. The fourth-order valence-corrected chi connectivity index (χ4v) is 2.34. The Morgan fingerprint density at radius 1 is 1.50 bits per heavy atom. The molecular formula is C13H21FN4. The number of halogens is 1. The molecule has 100 valence electrons. The molecule has 1 aliphatic heterocycles. The van der Waals surface area contributed by atoms with Gasteiger partial charge in [-0.2, -0.15) is 0 Å². The standard InChI is InChI=1S/C13H21FN4/c1-9(2)18(7-11-5-4-6-15-11)13-12(14)10(3)16-8-17-13/h8-9,11,15H,4-7H2,1-3H3. The van der Waals surface area contributed by atoms with Crippen molar-refractivity contribution >= 4 is 5.82 Å². The number of aryl methyl sites for hydroxylation is 1. The SMILES string of the molecule is Cc1ncnc(N(CC2CCCN2)C(C)C)c1F. The minimum Gasteiger partial charge on any atom is -0.350 e. The maximum absolute atomic E-state index is 14.1. The molecule has 1 unspecified atom stereocenters. The minimum absolute atomic E-state index is 0.219. The molecule has 0 aromatic carbocycles. The molecule has 2 heterocycles. The molecule has 0 amide bonds. The topological polar surface area (TPSA) is 41.1 Å². The van der Waals surface area contributed by atoms with Gasteiger partial charge in [0, 0.05) is 18.6 Å². The van der Waals surface area contributed by atoms with Crippen LogP contribution < -0.4 is 10.2 Å². The molecule has 5 heteroatoms. The van der Waals surface area contributed by atoms with Crippen molar-refractivity contribution in [3.8, 4) is 0 Å². The van der Waals surface area contributed by atoms with Gasteiger partial charge >= 0.3 is 0 Å². The van der Waals surface area contributed by atoms with Gasteiger partial charge in [-0.05, 0) is 40.2 Å². The van der Waals surface area contributed by atoms with E-state index in [0.29, 0.717) is 17.6 Å². The lowest BCUT2D eigenvalue weighted by Gasteiger charge is -2.30. The summed E-state index contributed by atoms with van der Waals surface area (Å²) >= 11 is 0.